The highest BCUT2D eigenvalue weighted by atomic mass is 16.5. The van der Waals surface area contributed by atoms with Gasteiger partial charge >= 0.3 is 11.7 Å². The molecule has 0 N–H and O–H groups in total. The molecule has 1 aromatic heterocycles. The second-order valence-corrected chi connectivity index (χ2v) is 8.12. The molecule has 1 aliphatic rings. The Morgan fingerprint density at radius 2 is 1.84 bits per heavy atom. The summed E-state index contributed by atoms with van der Waals surface area (Å²) in [7, 11) is 2.82. The first-order valence-corrected chi connectivity index (χ1v) is 10.7. The lowest BCUT2D eigenvalue weighted by Crippen LogP contribution is -2.51. The lowest BCUT2D eigenvalue weighted by Gasteiger charge is -2.40. The molecule has 1 atom stereocenters. The van der Waals surface area contributed by atoms with Crippen LogP contribution in [0.4, 0.5) is 0 Å². The van der Waals surface area contributed by atoms with E-state index in [-0.39, 0.29) is 24.8 Å². The van der Waals surface area contributed by atoms with E-state index in [1.807, 2.05) is 42.5 Å². The van der Waals surface area contributed by atoms with Gasteiger partial charge in [0.1, 0.15) is 5.69 Å². The van der Waals surface area contributed by atoms with Crippen molar-refractivity contribution in [3.8, 4) is 0 Å². The molecule has 0 radical (unpaired) electrons. The molecular formula is C24H29N3O5. The Morgan fingerprint density at radius 1 is 1.12 bits per heavy atom. The van der Waals surface area contributed by atoms with Gasteiger partial charge in [-0.25, -0.2) is 4.79 Å². The second kappa shape index (κ2) is 9.80. The Labute approximate surface area is 186 Å². The third kappa shape index (κ3) is 4.74. The first-order chi connectivity index (χ1) is 15.3. The third-order valence-corrected chi connectivity index (χ3v) is 5.94. The van der Waals surface area contributed by atoms with Gasteiger partial charge in [-0.05, 0) is 31.7 Å². The molecule has 1 amide bonds. The van der Waals surface area contributed by atoms with Crippen molar-refractivity contribution in [2.75, 3.05) is 19.7 Å². The van der Waals surface area contributed by atoms with Crippen LogP contribution in [-0.2, 0) is 23.6 Å². The van der Waals surface area contributed by atoms with Crippen LogP contribution in [0.25, 0.3) is 6.08 Å². The van der Waals surface area contributed by atoms with Gasteiger partial charge in [0, 0.05) is 33.3 Å². The van der Waals surface area contributed by atoms with Crippen LogP contribution in [0.3, 0.4) is 0 Å². The predicted octanol–water partition coefficient (Wildman–Crippen LogP) is 1.97. The highest BCUT2D eigenvalue weighted by Gasteiger charge is 2.44. The fraction of sp³-hybridized carbons (Fsp3) is 0.417. The number of nitrogens with zero attached hydrogens (tertiary/aromatic N) is 3. The van der Waals surface area contributed by atoms with Crippen molar-refractivity contribution in [1.29, 1.82) is 0 Å². The zero-order valence-electron chi connectivity index (χ0n) is 18.7. The maximum Gasteiger partial charge on any atom is 0.331 e. The predicted molar refractivity (Wildman–Crippen MR) is 121 cm³/mol. The van der Waals surface area contributed by atoms with Crippen LogP contribution in [0, 0.1) is 5.41 Å². The SMILES string of the molecule is CCOC(=O)[C@@]1(C/C=C/c2ccccc2)CCCN(C(=O)c2cc(=O)n(C)c(=O)n2C)C1. The number of aromatic nitrogens is 2. The van der Waals surface area contributed by atoms with Crippen LogP contribution >= 0.6 is 0 Å². The number of carbonyl (C=O) groups is 2. The first-order valence-electron chi connectivity index (χ1n) is 10.7. The standard InChI is InChI=1S/C24H29N3O5/c1-4-32-22(30)24(13-8-12-18-10-6-5-7-11-18)14-9-15-27(17-24)21(29)19-16-20(28)26(3)23(31)25(19)2/h5-8,10-12,16H,4,9,13-15,17H2,1-3H3/b12-8+/t24-/m0/s1. The molecule has 1 aliphatic heterocycles. The second-order valence-electron chi connectivity index (χ2n) is 8.12. The zero-order valence-corrected chi connectivity index (χ0v) is 18.7. The lowest BCUT2D eigenvalue weighted by molar-refractivity contribution is -0.158. The third-order valence-electron chi connectivity index (χ3n) is 5.94. The maximum absolute atomic E-state index is 13.2. The molecule has 8 nitrogen and oxygen atoms in total. The maximum atomic E-state index is 13.2. The molecule has 1 fully saturated rings. The Morgan fingerprint density at radius 3 is 2.53 bits per heavy atom. The largest absolute Gasteiger partial charge is 0.466 e. The molecule has 0 unspecified atom stereocenters. The van der Waals surface area contributed by atoms with Gasteiger partial charge < -0.3 is 9.64 Å². The van der Waals surface area contributed by atoms with Crippen molar-refractivity contribution in [3.63, 3.8) is 0 Å². The number of ether oxygens (including phenoxy) is 1. The lowest BCUT2D eigenvalue weighted by atomic mass is 9.76. The van der Waals surface area contributed by atoms with Gasteiger partial charge in [-0.15, -0.1) is 0 Å². The summed E-state index contributed by atoms with van der Waals surface area (Å²) in [4.78, 5) is 52.1. The van der Waals surface area contributed by atoms with E-state index in [9.17, 15) is 19.2 Å². The summed E-state index contributed by atoms with van der Waals surface area (Å²) in [6.45, 7) is 2.60. The summed E-state index contributed by atoms with van der Waals surface area (Å²) in [6, 6.07) is 10.9. The number of carbonyl (C=O) groups excluding carboxylic acids is 2. The summed E-state index contributed by atoms with van der Waals surface area (Å²) < 4.78 is 7.49. The molecule has 2 heterocycles. The summed E-state index contributed by atoms with van der Waals surface area (Å²) >= 11 is 0. The van der Waals surface area contributed by atoms with E-state index in [2.05, 4.69) is 0 Å². The average molecular weight is 440 g/mol. The van der Waals surface area contributed by atoms with Crippen LogP contribution in [0.2, 0.25) is 0 Å². The Kier molecular flexibility index (Phi) is 7.12. The first kappa shape index (κ1) is 23.2. The quantitative estimate of drug-likeness (QED) is 0.642. The number of likely N-dealkylation sites (tertiary alicyclic amines) is 1. The van der Waals surface area contributed by atoms with Gasteiger partial charge in [0.05, 0.1) is 12.0 Å². The summed E-state index contributed by atoms with van der Waals surface area (Å²) in [5.74, 6) is -0.782. The van der Waals surface area contributed by atoms with E-state index < -0.39 is 22.6 Å². The number of hydrogen-bond donors (Lipinski definition) is 0. The number of allylic oxidation sites excluding steroid dienone is 1. The van der Waals surface area contributed by atoms with Crippen molar-refractivity contribution in [1.82, 2.24) is 14.0 Å². The van der Waals surface area contributed by atoms with Gasteiger partial charge in [0.15, 0.2) is 0 Å². The number of rotatable bonds is 6. The molecule has 3 rings (SSSR count). The van der Waals surface area contributed by atoms with E-state index in [0.29, 0.717) is 25.8 Å². The van der Waals surface area contributed by atoms with Gasteiger partial charge in [0.2, 0.25) is 0 Å². The van der Waals surface area contributed by atoms with Gasteiger partial charge in [-0.3, -0.25) is 23.5 Å². The topological polar surface area (TPSA) is 90.6 Å². The van der Waals surface area contributed by atoms with Crippen molar-refractivity contribution in [2.24, 2.45) is 19.5 Å². The van der Waals surface area contributed by atoms with Crippen LogP contribution in [0.5, 0.6) is 0 Å². The zero-order chi connectivity index (χ0) is 23.3. The van der Waals surface area contributed by atoms with Crippen molar-refractivity contribution < 1.29 is 14.3 Å². The summed E-state index contributed by atoms with van der Waals surface area (Å²) in [6.07, 6.45) is 5.51. The van der Waals surface area contributed by atoms with Crippen LogP contribution < -0.4 is 11.2 Å². The molecule has 8 heteroatoms. The fourth-order valence-electron chi connectivity index (χ4n) is 4.09. The van der Waals surface area contributed by atoms with Gasteiger partial charge in [0.25, 0.3) is 11.5 Å². The van der Waals surface area contributed by atoms with Crippen LogP contribution in [0.15, 0.2) is 52.1 Å². The molecule has 0 spiro atoms. The number of amides is 1. The Balaban J connectivity index is 1.89. The molecule has 0 bridgehead atoms. The molecule has 2 aromatic rings. The Hall–Kier alpha value is -3.42. The number of benzene rings is 1. The van der Waals surface area contributed by atoms with E-state index in [1.54, 1.807) is 11.8 Å². The normalized spacial score (nSPS) is 18.7. The van der Waals surface area contributed by atoms with Gasteiger partial charge in [-0.2, -0.15) is 0 Å². The molecule has 0 aliphatic carbocycles. The fourth-order valence-corrected chi connectivity index (χ4v) is 4.09. The summed E-state index contributed by atoms with van der Waals surface area (Å²) in [5, 5.41) is 0. The van der Waals surface area contributed by atoms with Crippen LogP contribution in [0.1, 0.15) is 42.2 Å². The van der Waals surface area contributed by atoms with E-state index in [1.165, 1.54) is 24.7 Å². The van der Waals surface area contributed by atoms with E-state index in [0.717, 1.165) is 10.1 Å². The molecule has 1 saturated heterocycles. The monoisotopic (exact) mass is 439 g/mol. The summed E-state index contributed by atoms with van der Waals surface area (Å²) in [5.41, 5.74) is -0.965. The smallest absolute Gasteiger partial charge is 0.331 e. The van der Waals surface area contributed by atoms with Crippen LogP contribution in [-0.4, -0.2) is 45.6 Å². The van der Waals surface area contributed by atoms with Crippen molar-refractivity contribution >= 4 is 18.0 Å². The average Bonchev–Trinajstić information content (AvgIpc) is 2.80. The highest BCUT2D eigenvalue weighted by molar-refractivity contribution is 5.93. The number of esters is 1. The molecular weight excluding hydrogens is 410 g/mol. The minimum Gasteiger partial charge on any atom is -0.466 e. The highest BCUT2D eigenvalue weighted by Crippen LogP contribution is 2.36. The molecule has 170 valence electrons. The number of hydrogen-bond acceptors (Lipinski definition) is 5. The Bertz CT molecular complexity index is 1130. The van der Waals surface area contributed by atoms with Crippen molar-refractivity contribution in [3.05, 3.63) is 74.6 Å². The minimum absolute atomic E-state index is 0.0117. The molecule has 1 aromatic carbocycles. The van der Waals surface area contributed by atoms with E-state index in [4.69, 9.17) is 4.74 Å². The van der Waals surface area contributed by atoms with Gasteiger partial charge in [-0.1, -0.05) is 42.5 Å². The minimum atomic E-state index is -0.881. The van der Waals surface area contributed by atoms with Crippen molar-refractivity contribution in [2.45, 2.75) is 26.2 Å². The van der Waals surface area contributed by atoms with E-state index >= 15 is 0 Å². The molecule has 0 saturated carbocycles. The molecule has 32 heavy (non-hydrogen) atoms. The number of piperidine rings is 1.